The van der Waals surface area contributed by atoms with E-state index in [-0.39, 0.29) is 11.9 Å². The summed E-state index contributed by atoms with van der Waals surface area (Å²) in [6.07, 6.45) is 9.66. The topological polar surface area (TPSA) is 48.0 Å². The van der Waals surface area contributed by atoms with Crippen LogP contribution in [-0.2, 0) is 0 Å². The van der Waals surface area contributed by atoms with Crippen molar-refractivity contribution in [3.8, 4) is 0 Å². The molecule has 19 heavy (non-hydrogen) atoms. The van der Waals surface area contributed by atoms with Gasteiger partial charge in [-0.25, -0.2) is 0 Å². The van der Waals surface area contributed by atoms with Crippen LogP contribution in [0, 0.1) is 5.92 Å². The van der Waals surface area contributed by atoms with E-state index in [1.807, 2.05) is 36.7 Å². The molecule has 0 radical (unpaired) electrons. The molecule has 1 fully saturated rings. The number of hydrogen-bond acceptors (Lipinski definition) is 2. The highest BCUT2D eigenvalue weighted by Crippen LogP contribution is 2.26. The van der Waals surface area contributed by atoms with Gasteiger partial charge in [-0.1, -0.05) is 43.5 Å². The number of benzene rings is 1. The summed E-state index contributed by atoms with van der Waals surface area (Å²) in [5.41, 5.74) is 6.18. The van der Waals surface area contributed by atoms with Crippen LogP contribution < -0.4 is 5.73 Å². The van der Waals surface area contributed by atoms with Gasteiger partial charge in [-0.05, 0) is 29.5 Å². The summed E-state index contributed by atoms with van der Waals surface area (Å²) in [6.45, 7) is 0. The van der Waals surface area contributed by atoms with E-state index in [1.54, 1.807) is 4.57 Å². The maximum absolute atomic E-state index is 12.5. The Balaban J connectivity index is 1.82. The van der Waals surface area contributed by atoms with Crippen LogP contribution in [0.4, 0.5) is 0 Å². The quantitative estimate of drug-likeness (QED) is 0.897. The first-order chi connectivity index (χ1) is 9.25. The Morgan fingerprint density at radius 3 is 2.26 bits per heavy atom. The lowest BCUT2D eigenvalue weighted by atomic mass is 9.84. The lowest BCUT2D eigenvalue weighted by Gasteiger charge is -2.26. The minimum absolute atomic E-state index is 0.0306. The fourth-order valence-corrected chi connectivity index (χ4v) is 3.08. The zero-order valence-electron chi connectivity index (χ0n) is 11.1. The van der Waals surface area contributed by atoms with Crippen molar-refractivity contribution in [3.63, 3.8) is 0 Å². The molecule has 1 aromatic heterocycles. The Hall–Kier alpha value is -1.61. The Morgan fingerprint density at radius 1 is 1.11 bits per heavy atom. The number of carbonyl (C=O) groups excluding carboxylic acids is 1. The van der Waals surface area contributed by atoms with Crippen LogP contribution in [0.25, 0.3) is 10.8 Å². The Kier molecular flexibility index (Phi) is 3.38. The van der Waals surface area contributed by atoms with Crippen molar-refractivity contribution >= 4 is 16.7 Å². The van der Waals surface area contributed by atoms with Gasteiger partial charge >= 0.3 is 0 Å². The van der Waals surface area contributed by atoms with Gasteiger partial charge in [0, 0.05) is 12.4 Å². The second-order valence-corrected chi connectivity index (χ2v) is 5.56. The molecule has 1 unspecified atom stereocenters. The monoisotopic (exact) mass is 256 g/mol. The largest absolute Gasteiger partial charge is 0.320 e. The summed E-state index contributed by atoms with van der Waals surface area (Å²) in [5, 5.41) is 2.18. The molecule has 2 N–H and O–H groups in total. The summed E-state index contributed by atoms with van der Waals surface area (Å²) in [6, 6.07) is 7.65. The number of aromatic nitrogens is 1. The Morgan fingerprint density at radius 2 is 1.68 bits per heavy atom. The lowest BCUT2D eigenvalue weighted by Crippen LogP contribution is -2.41. The number of hydrogen-bond donors (Lipinski definition) is 1. The maximum atomic E-state index is 12.5. The molecule has 0 bridgehead atoms. The van der Waals surface area contributed by atoms with Crippen LogP contribution in [0.15, 0.2) is 36.7 Å². The van der Waals surface area contributed by atoms with Crippen molar-refractivity contribution in [2.45, 2.75) is 38.1 Å². The second-order valence-electron chi connectivity index (χ2n) is 5.56. The van der Waals surface area contributed by atoms with E-state index in [0.29, 0.717) is 5.92 Å². The van der Waals surface area contributed by atoms with Crippen molar-refractivity contribution in [1.82, 2.24) is 4.57 Å². The molecule has 1 saturated carbocycles. The normalized spacial score (nSPS) is 18.6. The van der Waals surface area contributed by atoms with E-state index in [1.165, 1.54) is 19.3 Å². The molecule has 1 aromatic carbocycles. The third kappa shape index (κ3) is 2.43. The molecule has 3 nitrogen and oxygen atoms in total. The standard InChI is InChI=1S/C16H20N2O/c17-15(12-6-2-1-3-7-12)16(19)18-10-13-8-4-5-9-14(13)11-18/h4-5,8-12,15H,1-3,6-7,17H2. The Labute approximate surface area is 113 Å². The molecule has 1 aliphatic carbocycles. The van der Waals surface area contributed by atoms with Crippen molar-refractivity contribution in [3.05, 3.63) is 36.7 Å². The lowest BCUT2D eigenvalue weighted by molar-refractivity contribution is 0.0832. The highest BCUT2D eigenvalue weighted by Gasteiger charge is 2.27. The molecule has 0 saturated heterocycles. The Bertz CT molecular complexity index is 548. The molecule has 100 valence electrons. The molecule has 0 amide bonds. The number of nitrogens with two attached hydrogens (primary N) is 1. The minimum Gasteiger partial charge on any atom is -0.320 e. The van der Waals surface area contributed by atoms with Crippen molar-refractivity contribution in [2.75, 3.05) is 0 Å². The number of rotatable bonds is 2. The third-order valence-corrected chi connectivity index (χ3v) is 4.25. The highest BCUT2D eigenvalue weighted by atomic mass is 16.2. The molecule has 0 aliphatic heterocycles. The first-order valence-electron chi connectivity index (χ1n) is 7.12. The summed E-state index contributed by atoms with van der Waals surface area (Å²) in [4.78, 5) is 12.5. The average Bonchev–Trinajstić information content (AvgIpc) is 2.90. The number of nitrogens with zero attached hydrogens (tertiary/aromatic N) is 1. The van der Waals surface area contributed by atoms with E-state index >= 15 is 0 Å². The van der Waals surface area contributed by atoms with E-state index in [9.17, 15) is 4.79 Å². The summed E-state index contributed by atoms with van der Waals surface area (Å²) in [7, 11) is 0. The summed E-state index contributed by atoms with van der Waals surface area (Å²) in [5.74, 6) is 0.384. The molecule has 2 aromatic rings. The van der Waals surface area contributed by atoms with Gasteiger partial charge in [0.05, 0.1) is 6.04 Å². The smallest absolute Gasteiger partial charge is 0.247 e. The van der Waals surface area contributed by atoms with E-state index < -0.39 is 0 Å². The minimum atomic E-state index is -0.359. The van der Waals surface area contributed by atoms with Crippen LogP contribution in [-0.4, -0.2) is 16.5 Å². The second kappa shape index (κ2) is 5.17. The zero-order valence-corrected chi connectivity index (χ0v) is 11.1. The van der Waals surface area contributed by atoms with Gasteiger partial charge in [0.15, 0.2) is 0 Å². The molecular weight excluding hydrogens is 236 g/mol. The molecule has 3 heteroatoms. The van der Waals surface area contributed by atoms with Crippen LogP contribution in [0.2, 0.25) is 0 Å². The van der Waals surface area contributed by atoms with Gasteiger partial charge in [0.1, 0.15) is 0 Å². The fraction of sp³-hybridized carbons (Fsp3) is 0.438. The van der Waals surface area contributed by atoms with Crippen molar-refractivity contribution in [2.24, 2.45) is 11.7 Å². The molecular formula is C16H20N2O. The van der Waals surface area contributed by atoms with Gasteiger partial charge in [-0.15, -0.1) is 0 Å². The van der Waals surface area contributed by atoms with Gasteiger partial charge in [0.2, 0.25) is 5.91 Å². The summed E-state index contributed by atoms with van der Waals surface area (Å²) >= 11 is 0. The molecule has 3 rings (SSSR count). The molecule has 1 atom stereocenters. The summed E-state index contributed by atoms with van der Waals surface area (Å²) < 4.78 is 1.67. The fourth-order valence-electron chi connectivity index (χ4n) is 3.08. The molecule has 1 heterocycles. The predicted octanol–water partition coefficient (Wildman–Crippen LogP) is 3.19. The SMILES string of the molecule is NC(C(=O)n1cc2ccccc2c1)C1CCCCC1. The number of carbonyl (C=O) groups is 1. The van der Waals surface area contributed by atoms with Crippen LogP contribution in [0.1, 0.15) is 36.9 Å². The van der Waals surface area contributed by atoms with Gasteiger partial charge in [-0.3, -0.25) is 9.36 Å². The zero-order chi connectivity index (χ0) is 13.2. The average molecular weight is 256 g/mol. The van der Waals surface area contributed by atoms with Crippen LogP contribution in [0.3, 0.4) is 0 Å². The molecule has 1 aliphatic rings. The number of fused-ring (bicyclic) bond motifs is 1. The van der Waals surface area contributed by atoms with Crippen molar-refractivity contribution in [1.29, 1.82) is 0 Å². The van der Waals surface area contributed by atoms with Gasteiger partial charge in [0.25, 0.3) is 0 Å². The van der Waals surface area contributed by atoms with Gasteiger partial charge in [-0.2, -0.15) is 0 Å². The van der Waals surface area contributed by atoms with Gasteiger partial charge < -0.3 is 5.73 Å². The van der Waals surface area contributed by atoms with E-state index in [0.717, 1.165) is 23.6 Å². The maximum Gasteiger partial charge on any atom is 0.247 e. The van der Waals surface area contributed by atoms with Crippen molar-refractivity contribution < 1.29 is 4.79 Å². The van der Waals surface area contributed by atoms with E-state index in [4.69, 9.17) is 5.73 Å². The van der Waals surface area contributed by atoms with Crippen LogP contribution >= 0.6 is 0 Å². The third-order valence-electron chi connectivity index (χ3n) is 4.25. The first kappa shape index (κ1) is 12.4. The predicted molar refractivity (Wildman–Crippen MR) is 77.1 cm³/mol. The van der Waals surface area contributed by atoms with Crippen LogP contribution in [0.5, 0.6) is 0 Å². The highest BCUT2D eigenvalue weighted by molar-refractivity contribution is 5.91. The van der Waals surface area contributed by atoms with E-state index in [2.05, 4.69) is 0 Å². The first-order valence-corrected chi connectivity index (χ1v) is 7.12. The molecule has 0 spiro atoms.